The van der Waals surface area contributed by atoms with Gasteiger partial charge in [0, 0.05) is 30.6 Å². The molecule has 0 radical (unpaired) electrons. The van der Waals surface area contributed by atoms with E-state index in [-0.39, 0.29) is 10.8 Å². The van der Waals surface area contributed by atoms with Gasteiger partial charge in [-0.25, -0.2) is 0 Å². The molecule has 0 aromatic carbocycles. The third-order valence-electron chi connectivity index (χ3n) is 8.98. The smallest absolute Gasteiger partial charge is 0.165 e. The molecule has 3 saturated carbocycles. The summed E-state index contributed by atoms with van der Waals surface area (Å²) in [6, 6.07) is 0. The fourth-order valence-electron chi connectivity index (χ4n) is 7.31. The van der Waals surface area contributed by atoms with Crippen molar-refractivity contribution in [1.82, 2.24) is 9.78 Å². The van der Waals surface area contributed by atoms with E-state index in [4.69, 9.17) is 0 Å². The van der Waals surface area contributed by atoms with E-state index in [9.17, 15) is 9.59 Å². The van der Waals surface area contributed by atoms with E-state index in [1.165, 1.54) is 5.57 Å². The van der Waals surface area contributed by atoms with Crippen molar-refractivity contribution in [2.45, 2.75) is 65.7 Å². The predicted molar refractivity (Wildman–Crippen MR) is 113 cm³/mol. The van der Waals surface area contributed by atoms with Gasteiger partial charge in [-0.1, -0.05) is 19.4 Å². The van der Waals surface area contributed by atoms with Gasteiger partial charge in [0.2, 0.25) is 0 Å². The molecule has 0 amide bonds. The third-order valence-corrected chi connectivity index (χ3v) is 8.98. The zero-order valence-corrected chi connectivity index (χ0v) is 18.1. The van der Waals surface area contributed by atoms with Gasteiger partial charge < -0.3 is 0 Å². The van der Waals surface area contributed by atoms with E-state index in [0.29, 0.717) is 35.7 Å². The molecule has 29 heavy (non-hydrogen) atoms. The van der Waals surface area contributed by atoms with Crippen LogP contribution in [-0.2, 0) is 16.6 Å². The summed E-state index contributed by atoms with van der Waals surface area (Å²) in [6.45, 7) is 6.64. The molecule has 0 saturated heterocycles. The molecule has 4 aliphatic rings. The predicted octanol–water partition coefficient (Wildman–Crippen LogP) is 4.82. The Morgan fingerprint density at radius 2 is 1.90 bits per heavy atom. The van der Waals surface area contributed by atoms with Crippen LogP contribution >= 0.6 is 0 Å². The minimum atomic E-state index is -0.217. The Morgan fingerprint density at radius 3 is 2.62 bits per heavy atom. The quantitative estimate of drug-likeness (QED) is 0.644. The Kier molecular flexibility index (Phi) is 4.11. The number of carbonyl (C=O) groups is 2. The van der Waals surface area contributed by atoms with Crippen LogP contribution in [0.1, 0.15) is 70.1 Å². The van der Waals surface area contributed by atoms with Crippen LogP contribution in [0.5, 0.6) is 0 Å². The van der Waals surface area contributed by atoms with Crippen LogP contribution in [0.4, 0.5) is 0 Å². The van der Waals surface area contributed by atoms with Gasteiger partial charge in [-0.05, 0) is 86.3 Å². The van der Waals surface area contributed by atoms with Crippen molar-refractivity contribution in [2.75, 3.05) is 0 Å². The lowest BCUT2D eigenvalue weighted by atomic mass is 9.47. The van der Waals surface area contributed by atoms with Gasteiger partial charge in [0.05, 0.1) is 5.69 Å². The highest BCUT2D eigenvalue weighted by Gasteiger charge is 2.60. The zero-order valence-electron chi connectivity index (χ0n) is 18.1. The maximum absolute atomic E-state index is 13.5. The van der Waals surface area contributed by atoms with Crippen molar-refractivity contribution in [1.29, 1.82) is 0 Å². The molecule has 3 fully saturated rings. The molecule has 154 valence electrons. The summed E-state index contributed by atoms with van der Waals surface area (Å²) < 4.78 is 1.83. The van der Waals surface area contributed by atoms with Crippen molar-refractivity contribution in [3.8, 4) is 0 Å². The second kappa shape index (κ2) is 6.26. The van der Waals surface area contributed by atoms with Gasteiger partial charge in [-0.2, -0.15) is 5.10 Å². The third kappa shape index (κ3) is 2.67. The summed E-state index contributed by atoms with van der Waals surface area (Å²) >= 11 is 0. The van der Waals surface area contributed by atoms with Crippen molar-refractivity contribution in [3.63, 3.8) is 0 Å². The summed E-state index contributed by atoms with van der Waals surface area (Å²) in [7, 11) is 1.93. The number of fused-ring (bicyclic) bond motifs is 5. The number of hydrogen-bond acceptors (Lipinski definition) is 3. The molecular formula is C25H32N2O2. The first kappa shape index (κ1) is 19.0. The molecule has 0 spiro atoms. The highest BCUT2D eigenvalue weighted by Crippen LogP contribution is 2.65. The summed E-state index contributed by atoms with van der Waals surface area (Å²) in [5.41, 5.74) is 4.39. The molecule has 4 heteroatoms. The second-order valence-electron chi connectivity index (χ2n) is 10.5. The van der Waals surface area contributed by atoms with Crippen LogP contribution in [0.2, 0.25) is 0 Å². The van der Waals surface area contributed by atoms with Crippen LogP contribution < -0.4 is 0 Å². The number of allylic oxidation sites excluding steroid dienone is 2. The topological polar surface area (TPSA) is 52.0 Å². The molecule has 5 atom stereocenters. The first-order chi connectivity index (χ1) is 13.7. The fourth-order valence-corrected chi connectivity index (χ4v) is 7.31. The maximum atomic E-state index is 13.5. The number of rotatable bonds is 1. The number of Topliss-reactive ketones (excluding diaryl/α,β-unsaturated/α-hetero) is 1. The molecule has 4 aliphatic carbocycles. The Balaban J connectivity index is 1.49. The Morgan fingerprint density at radius 1 is 1.10 bits per heavy atom. The number of nitrogens with zero attached hydrogens (tertiary/aromatic N) is 2. The SMILES string of the molecule is Cc1nn(C)cc1/C=C1/C[C@@H]2[C@H]3CCC4=CC(=O)CC[C@@]4(C)[C@@H]3CC[C@@]2(C)C1=O. The van der Waals surface area contributed by atoms with Gasteiger partial charge in [0.15, 0.2) is 11.6 Å². The Bertz CT molecular complexity index is 967. The summed E-state index contributed by atoms with van der Waals surface area (Å²) in [5, 5.41) is 4.44. The van der Waals surface area contributed by atoms with Gasteiger partial charge in [0.1, 0.15) is 0 Å². The highest BCUT2D eigenvalue weighted by atomic mass is 16.1. The van der Waals surface area contributed by atoms with Crippen LogP contribution in [0.3, 0.4) is 0 Å². The highest BCUT2D eigenvalue weighted by molar-refractivity contribution is 6.06. The summed E-state index contributed by atoms with van der Waals surface area (Å²) in [6.07, 6.45) is 12.9. The fraction of sp³-hybridized carbons (Fsp3) is 0.640. The Hall–Kier alpha value is -1.97. The number of ketones is 2. The van der Waals surface area contributed by atoms with E-state index in [0.717, 1.165) is 55.4 Å². The maximum Gasteiger partial charge on any atom is 0.165 e. The normalized spacial score (nSPS) is 40.5. The number of carbonyl (C=O) groups excluding carboxylic acids is 2. The van der Waals surface area contributed by atoms with Crippen molar-refractivity contribution in [3.05, 3.63) is 34.7 Å². The molecule has 1 aromatic heterocycles. The first-order valence-corrected chi connectivity index (χ1v) is 11.2. The molecule has 4 nitrogen and oxygen atoms in total. The molecule has 5 rings (SSSR count). The lowest BCUT2D eigenvalue weighted by Crippen LogP contribution is -2.50. The molecule has 0 N–H and O–H groups in total. The number of aryl methyl sites for hydroxylation is 2. The molecule has 0 aliphatic heterocycles. The van der Waals surface area contributed by atoms with Crippen LogP contribution in [0.25, 0.3) is 6.08 Å². The van der Waals surface area contributed by atoms with Crippen molar-refractivity contribution in [2.24, 2.45) is 35.6 Å². The summed E-state index contributed by atoms with van der Waals surface area (Å²) in [5.74, 6) is 2.32. The van der Waals surface area contributed by atoms with Crippen LogP contribution in [0.15, 0.2) is 23.4 Å². The lowest BCUT2D eigenvalue weighted by molar-refractivity contribution is -0.130. The average Bonchev–Trinajstić information content (AvgIpc) is 3.12. The standard InChI is InChI=1S/C25H32N2O2/c1-15-17(14-27(4)26-15)11-16-12-22-20-6-5-18-13-19(28)7-9-24(18,2)21(20)8-10-25(22,3)23(16)29/h11,13-14,20-22H,5-10,12H2,1-4H3/b16-11-/t20-,21+,22+,24+,25+/m0/s1. The molecule has 0 unspecified atom stereocenters. The molecule has 1 aromatic rings. The van der Waals surface area contributed by atoms with E-state index >= 15 is 0 Å². The van der Waals surface area contributed by atoms with Crippen molar-refractivity contribution < 1.29 is 9.59 Å². The van der Waals surface area contributed by atoms with E-state index in [1.54, 1.807) is 0 Å². The average molecular weight is 393 g/mol. The van der Waals surface area contributed by atoms with Gasteiger partial charge in [-0.3, -0.25) is 14.3 Å². The van der Waals surface area contributed by atoms with Gasteiger partial charge in [-0.15, -0.1) is 0 Å². The molecular weight excluding hydrogens is 360 g/mol. The summed E-state index contributed by atoms with van der Waals surface area (Å²) in [4.78, 5) is 25.5. The Labute approximate surface area is 173 Å². The lowest BCUT2D eigenvalue weighted by Gasteiger charge is -2.56. The number of hydrogen-bond donors (Lipinski definition) is 0. The van der Waals surface area contributed by atoms with E-state index < -0.39 is 0 Å². The molecule has 0 bridgehead atoms. The van der Waals surface area contributed by atoms with Gasteiger partial charge in [0.25, 0.3) is 0 Å². The second-order valence-corrected chi connectivity index (χ2v) is 10.5. The largest absolute Gasteiger partial charge is 0.295 e. The zero-order chi connectivity index (χ0) is 20.6. The van der Waals surface area contributed by atoms with Crippen LogP contribution in [-0.4, -0.2) is 21.3 Å². The van der Waals surface area contributed by atoms with E-state index in [2.05, 4.69) is 25.0 Å². The van der Waals surface area contributed by atoms with Crippen LogP contribution in [0, 0.1) is 35.5 Å². The number of aromatic nitrogens is 2. The van der Waals surface area contributed by atoms with Crippen molar-refractivity contribution >= 4 is 17.6 Å². The monoisotopic (exact) mass is 392 g/mol. The minimum Gasteiger partial charge on any atom is -0.295 e. The first-order valence-electron chi connectivity index (χ1n) is 11.2. The minimum absolute atomic E-state index is 0.160. The molecule has 1 heterocycles. The van der Waals surface area contributed by atoms with E-state index in [1.807, 2.05) is 30.9 Å². The van der Waals surface area contributed by atoms with Gasteiger partial charge >= 0.3 is 0 Å².